The van der Waals surface area contributed by atoms with Crippen LogP contribution in [0.2, 0.25) is 0 Å². The molecule has 0 aromatic rings. The molecule has 2 aliphatic rings. The zero-order valence-electron chi connectivity index (χ0n) is 5.26. The Labute approximate surface area is 54.1 Å². The largest absolute Gasteiger partial charge is 0.383 e. The zero-order valence-corrected chi connectivity index (χ0v) is 5.26. The van der Waals surface area contributed by atoms with Crippen molar-refractivity contribution in [3.63, 3.8) is 0 Å². The van der Waals surface area contributed by atoms with E-state index in [1.807, 2.05) is 0 Å². The second-order valence-electron chi connectivity index (χ2n) is 2.87. The van der Waals surface area contributed by atoms with Gasteiger partial charge in [0.05, 0.1) is 12.7 Å². The molecule has 9 heavy (non-hydrogen) atoms. The molecule has 50 valence electrons. The highest BCUT2D eigenvalue weighted by Crippen LogP contribution is 2.44. The maximum Gasteiger partial charge on any atom is 0.114 e. The molecule has 1 saturated carbocycles. The van der Waals surface area contributed by atoms with Crippen molar-refractivity contribution in [1.29, 1.82) is 0 Å². The van der Waals surface area contributed by atoms with Crippen LogP contribution in [-0.2, 0) is 4.74 Å². The summed E-state index contributed by atoms with van der Waals surface area (Å²) in [6.07, 6.45) is 1.91. The Balaban J connectivity index is 2.28. The molecule has 2 unspecified atom stereocenters. The van der Waals surface area contributed by atoms with E-state index in [1.54, 1.807) is 0 Å². The molecular formula is C7H10O2. The Hall–Kier alpha value is -0.340. The quantitative estimate of drug-likeness (QED) is 0.478. The second kappa shape index (κ2) is 1.39. The predicted octanol–water partition coefficient (Wildman–Crippen LogP) is 0.466. The molecule has 2 nitrogen and oxygen atoms in total. The van der Waals surface area contributed by atoms with Crippen LogP contribution in [0.15, 0.2) is 12.2 Å². The Kier molecular flexibility index (Phi) is 0.838. The number of rotatable bonds is 0. The van der Waals surface area contributed by atoms with Crippen LogP contribution in [0, 0.1) is 0 Å². The van der Waals surface area contributed by atoms with Crippen molar-refractivity contribution in [2.75, 3.05) is 6.61 Å². The Morgan fingerprint density at radius 2 is 2.56 bits per heavy atom. The molecule has 0 spiro atoms. The van der Waals surface area contributed by atoms with Crippen molar-refractivity contribution in [2.24, 2.45) is 0 Å². The Morgan fingerprint density at radius 3 is 2.78 bits per heavy atom. The first-order chi connectivity index (χ1) is 4.23. The van der Waals surface area contributed by atoms with Crippen LogP contribution in [0.5, 0.6) is 0 Å². The van der Waals surface area contributed by atoms with Gasteiger partial charge in [0.15, 0.2) is 0 Å². The van der Waals surface area contributed by atoms with Crippen LogP contribution in [0.1, 0.15) is 12.8 Å². The van der Waals surface area contributed by atoms with E-state index in [4.69, 9.17) is 4.74 Å². The van der Waals surface area contributed by atoms with E-state index in [2.05, 4.69) is 6.58 Å². The second-order valence-corrected chi connectivity index (χ2v) is 2.87. The van der Waals surface area contributed by atoms with Gasteiger partial charge in [0.1, 0.15) is 5.60 Å². The molecule has 0 bridgehead atoms. The van der Waals surface area contributed by atoms with Gasteiger partial charge < -0.3 is 9.84 Å². The van der Waals surface area contributed by atoms with Gasteiger partial charge in [0.25, 0.3) is 0 Å². The van der Waals surface area contributed by atoms with Crippen molar-refractivity contribution in [3.05, 3.63) is 12.2 Å². The summed E-state index contributed by atoms with van der Waals surface area (Å²) < 4.78 is 5.22. The van der Waals surface area contributed by atoms with Crippen molar-refractivity contribution in [1.82, 2.24) is 0 Å². The molecule has 2 rings (SSSR count). The van der Waals surface area contributed by atoms with Crippen LogP contribution in [0.4, 0.5) is 0 Å². The molecule has 2 fully saturated rings. The molecule has 1 heterocycles. The van der Waals surface area contributed by atoms with Crippen molar-refractivity contribution < 1.29 is 9.84 Å². The van der Waals surface area contributed by atoms with Crippen LogP contribution < -0.4 is 0 Å². The van der Waals surface area contributed by atoms with Gasteiger partial charge in [-0.25, -0.2) is 0 Å². The summed E-state index contributed by atoms with van der Waals surface area (Å²) in [5.41, 5.74) is 0.235. The van der Waals surface area contributed by atoms with E-state index in [1.165, 1.54) is 0 Å². The third kappa shape index (κ3) is 0.478. The van der Waals surface area contributed by atoms with E-state index >= 15 is 0 Å². The van der Waals surface area contributed by atoms with Gasteiger partial charge in [0.2, 0.25) is 0 Å². The highest BCUT2D eigenvalue weighted by Gasteiger charge is 2.52. The zero-order chi connectivity index (χ0) is 6.48. The van der Waals surface area contributed by atoms with Crippen molar-refractivity contribution >= 4 is 0 Å². The summed E-state index contributed by atoms with van der Waals surface area (Å²) in [6.45, 7) is 4.29. The molecule has 0 radical (unpaired) electrons. The van der Waals surface area contributed by atoms with Crippen LogP contribution in [0.3, 0.4) is 0 Å². The predicted molar refractivity (Wildman–Crippen MR) is 33.1 cm³/mol. The van der Waals surface area contributed by atoms with Crippen LogP contribution >= 0.6 is 0 Å². The number of ether oxygens (including phenoxy) is 1. The van der Waals surface area contributed by atoms with E-state index in [9.17, 15) is 5.11 Å². The third-order valence-corrected chi connectivity index (χ3v) is 2.39. The Bertz CT molecular complexity index is 164. The van der Waals surface area contributed by atoms with E-state index in [-0.39, 0.29) is 6.10 Å². The Morgan fingerprint density at radius 1 is 1.78 bits per heavy atom. The minimum atomic E-state index is -0.625. The molecule has 1 aliphatic heterocycles. The van der Waals surface area contributed by atoms with Crippen LogP contribution in [0.25, 0.3) is 0 Å². The molecule has 2 heteroatoms. The molecule has 2 atom stereocenters. The first-order valence-electron chi connectivity index (χ1n) is 3.26. The highest BCUT2D eigenvalue weighted by atomic mass is 16.5. The minimum Gasteiger partial charge on any atom is -0.383 e. The van der Waals surface area contributed by atoms with Crippen molar-refractivity contribution in [2.45, 2.75) is 24.5 Å². The van der Waals surface area contributed by atoms with Gasteiger partial charge in [-0.3, -0.25) is 0 Å². The topological polar surface area (TPSA) is 29.5 Å². The first kappa shape index (κ1) is 5.45. The lowest BCUT2D eigenvalue weighted by molar-refractivity contribution is -0.0963. The number of aliphatic hydroxyl groups is 1. The standard InChI is InChI=1S/C7H10O2/c1-5-4-9-6-2-3-7(5,6)8/h6,8H,1-4H2. The van der Waals surface area contributed by atoms with E-state index < -0.39 is 5.60 Å². The average molecular weight is 126 g/mol. The molecule has 0 aromatic carbocycles. The maximum atomic E-state index is 9.59. The summed E-state index contributed by atoms with van der Waals surface area (Å²) in [6, 6.07) is 0. The van der Waals surface area contributed by atoms with Crippen LogP contribution in [-0.4, -0.2) is 23.4 Å². The van der Waals surface area contributed by atoms with Gasteiger partial charge in [-0.15, -0.1) is 0 Å². The summed E-state index contributed by atoms with van der Waals surface area (Å²) in [4.78, 5) is 0. The fraction of sp³-hybridized carbons (Fsp3) is 0.714. The fourth-order valence-electron chi connectivity index (χ4n) is 1.49. The first-order valence-corrected chi connectivity index (χ1v) is 3.26. The van der Waals surface area contributed by atoms with Crippen molar-refractivity contribution in [3.8, 4) is 0 Å². The average Bonchev–Trinajstić information content (AvgIpc) is 1.96. The lowest BCUT2D eigenvalue weighted by Gasteiger charge is -2.38. The molecule has 1 aliphatic carbocycles. The summed E-state index contributed by atoms with van der Waals surface area (Å²) >= 11 is 0. The summed E-state index contributed by atoms with van der Waals surface area (Å²) in [5, 5.41) is 9.59. The highest BCUT2D eigenvalue weighted by molar-refractivity contribution is 5.25. The van der Waals surface area contributed by atoms with Gasteiger partial charge in [0, 0.05) is 0 Å². The van der Waals surface area contributed by atoms with Gasteiger partial charge in [-0.2, -0.15) is 0 Å². The third-order valence-electron chi connectivity index (χ3n) is 2.39. The molecule has 0 aromatic heterocycles. The normalized spacial score (nSPS) is 48.6. The molecule has 1 N–H and O–H groups in total. The molecule has 1 saturated heterocycles. The summed E-state index contributed by atoms with van der Waals surface area (Å²) in [7, 11) is 0. The van der Waals surface area contributed by atoms with E-state index in [0.717, 1.165) is 18.4 Å². The van der Waals surface area contributed by atoms with E-state index in [0.29, 0.717) is 6.61 Å². The smallest absolute Gasteiger partial charge is 0.114 e. The maximum absolute atomic E-state index is 9.59. The fourth-order valence-corrected chi connectivity index (χ4v) is 1.49. The lowest BCUT2D eigenvalue weighted by atomic mass is 9.75. The lowest BCUT2D eigenvalue weighted by Crippen LogP contribution is -2.48. The van der Waals surface area contributed by atoms with Gasteiger partial charge >= 0.3 is 0 Å². The number of hydrogen-bond donors (Lipinski definition) is 1. The molecular weight excluding hydrogens is 116 g/mol. The summed E-state index contributed by atoms with van der Waals surface area (Å²) in [5.74, 6) is 0. The number of hydrogen-bond acceptors (Lipinski definition) is 2. The SMILES string of the molecule is C=C1COC2CCC12O. The minimum absolute atomic E-state index is 0.0741. The monoisotopic (exact) mass is 126 g/mol. The molecule has 0 amide bonds. The number of fused-ring (bicyclic) bond motifs is 1. The van der Waals surface area contributed by atoms with Gasteiger partial charge in [-0.05, 0) is 18.4 Å². The van der Waals surface area contributed by atoms with Gasteiger partial charge in [-0.1, -0.05) is 6.58 Å².